The van der Waals surface area contributed by atoms with Crippen LogP contribution in [0.3, 0.4) is 0 Å². The Morgan fingerprint density at radius 1 is 1.14 bits per heavy atom. The predicted molar refractivity (Wildman–Crippen MR) is 129 cm³/mol. The fraction of sp³-hybridized carbons (Fsp3) is 0.818. The Morgan fingerprint density at radius 2 is 1.89 bits per heavy atom. The van der Waals surface area contributed by atoms with Crippen molar-refractivity contribution < 1.29 is 42.1 Å². The summed E-state index contributed by atoms with van der Waals surface area (Å²) in [6.45, 7) is 6.68. The van der Waals surface area contributed by atoms with Gasteiger partial charge in [-0.2, -0.15) is 0 Å². The van der Waals surface area contributed by atoms with Gasteiger partial charge in [0.1, 0.15) is 0 Å². The Balaban J connectivity index is 1.77. The minimum atomic E-state index is -4.14. The van der Waals surface area contributed by atoms with Crippen molar-refractivity contribution in [3.63, 3.8) is 0 Å². The first-order valence-electron chi connectivity index (χ1n) is 11.8. The highest BCUT2D eigenvalue weighted by Gasteiger charge is 2.49. The first kappa shape index (κ1) is 29.8. The number of ether oxygens (including phenoxy) is 1. The molecule has 2 rings (SSSR count). The molecule has 200 valence electrons. The third-order valence-electron chi connectivity index (χ3n) is 5.84. The van der Waals surface area contributed by atoms with Crippen LogP contribution < -0.4 is 10.6 Å². The Morgan fingerprint density at radius 3 is 2.57 bits per heavy atom. The summed E-state index contributed by atoms with van der Waals surface area (Å²) < 4.78 is 33.9. The van der Waals surface area contributed by atoms with Crippen molar-refractivity contribution >= 4 is 42.5 Å². The Hall–Kier alpha value is -1.46. The van der Waals surface area contributed by atoms with Crippen LogP contribution in [0, 0.1) is 17.3 Å². The van der Waals surface area contributed by atoms with Gasteiger partial charge in [0.15, 0.2) is 11.2 Å². The van der Waals surface area contributed by atoms with E-state index in [2.05, 4.69) is 17.6 Å². The molecule has 1 aliphatic carbocycles. The van der Waals surface area contributed by atoms with E-state index >= 15 is 0 Å². The number of hydrogen-bond donors (Lipinski definition) is 2. The number of rotatable bonds is 11. The Bertz CT molecular complexity index is 823. The molecule has 1 saturated heterocycles. The zero-order valence-corrected chi connectivity index (χ0v) is 22.5. The van der Waals surface area contributed by atoms with Crippen LogP contribution >= 0.6 is 19.6 Å². The lowest BCUT2D eigenvalue weighted by Crippen LogP contribution is -2.50. The molecule has 3 unspecified atom stereocenters. The molecule has 0 aromatic carbocycles. The molecule has 0 bridgehead atoms. The van der Waals surface area contributed by atoms with Crippen molar-refractivity contribution in [3.05, 3.63) is 0 Å². The molecule has 11 nitrogen and oxygen atoms in total. The maximum atomic E-state index is 12.9. The third-order valence-corrected chi connectivity index (χ3v) is 7.99. The van der Waals surface area contributed by atoms with Crippen LogP contribution in [0.15, 0.2) is 0 Å². The Kier molecular flexibility index (Phi) is 11.7. The van der Waals surface area contributed by atoms with Gasteiger partial charge in [-0.3, -0.25) is 28.2 Å². The van der Waals surface area contributed by atoms with Gasteiger partial charge in [-0.1, -0.05) is 45.4 Å². The van der Waals surface area contributed by atoms with Crippen LogP contribution in [-0.2, 0) is 42.1 Å². The molecule has 2 aliphatic rings. The second kappa shape index (κ2) is 13.7. The summed E-state index contributed by atoms with van der Waals surface area (Å²) in [5.74, 6) is -0.530. The van der Waals surface area contributed by atoms with E-state index in [1.54, 1.807) is 13.8 Å². The van der Waals surface area contributed by atoms with Gasteiger partial charge in [-0.25, -0.2) is 9.09 Å². The van der Waals surface area contributed by atoms with E-state index in [1.807, 2.05) is 0 Å². The highest BCUT2D eigenvalue weighted by molar-refractivity contribution is 8.13. The van der Waals surface area contributed by atoms with E-state index in [0.717, 1.165) is 37.4 Å². The van der Waals surface area contributed by atoms with E-state index in [9.17, 15) is 23.7 Å². The minimum Gasteiger partial charge on any atom is -0.438 e. The average molecular weight is 537 g/mol. The molecule has 35 heavy (non-hydrogen) atoms. The van der Waals surface area contributed by atoms with Gasteiger partial charge >= 0.3 is 13.8 Å². The fourth-order valence-electron chi connectivity index (χ4n) is 3.87. The van der Waals surface area contributed by atoms with Gasteiger partial charge in [0, 0.05) is 37.6 Å². The first-order chi connectivity index (χ1) is 16.4. The number of thioether (sulfide) groups is 1. The lowest BCUT2D eigenvalue weighted by atomic mass is 9.82. The molecular formula is C22H37N2O9PS. The molecule has 0 aromatic heterocycles. The summed E-state index contributed by atoms with van der Waals surface area (Å²) in [5, 5.41) is 5.24. The van der Waals surface area contributed by atoms with E-state index in [-0.39, 0.29) is 36.5 Å². The second-order valence-electron chi connectivity index (χ2n) is 9.60. The monoisotopic (exact) mass is 536 g/mol. The molecule has 2 amide bonds. The predicted octanol–water partition coefficient (Wildman–Crippen LogP) is 2.78. The summed E-state index contributed by atoms with van der Waals surface area (Å²) in [7, 11) is -4.14. The van der Waals surface area contributed by atoms with Crippen LogP contribution in [0.2, 0.25) is 0 Å². The van der Waals surface area contributed by atoms with Crippen molar-refractivity contribution in [3.8, 4) is 0 Å². The number of phosphoric acid groups is 1. The average Bonchev–Trinajstić information content (AvgIpc) is 2.78. The van der Waals surface area contributed by atoms with Crippen molar-refractivity contribution in [1.29, 1.82) is 0 Å². The van der Waals surface area contributed by atoms with Gasteiger partial charge in [-0.15, -0.1) is 0 Å². The number of nitrogens with one attached hydrogen (secondary N) is 2. The second-order valence-corrected chi connectivity index (χ2v) is 12.5. The van der Waals surface area contributed by atoms with Crippen LogP contribution in [0.4, 0.5) is 0 Å². The largest absolute Gasteiger partial charge is 0.478 e. The minimum absolute atomic E-state index is 0.0242. The van der Waals surface area contributed by atoms with Gasteiger partial charge in [0.25, 0.3) is 0 Å². The van der Waals surface area contributed by atoms with Crippen molar-refractivity contribution in [2.45, 2.75) is 65.9 Å². The van der Waals surface area contributed by atoms with Crippen LogP contribution in [-0.4, -0.2) is 61.2 Å². The topological polar surface area (TPSA) is 146 Å². The van der Waals surface area contributed by atoms with E-state index in [1.165, 1.54) is 6.92 Å². The standard InChI is InChI=1S/C22H37N2O9PS/c1-15-6-5-7-17(12-15)21(28)30-14-32-34(29)31-13-22(3,4)19(33-34)20(27)24-9-8-18(26)23-10-11-35-16(2)25/h15,17,19H,5-14H2,1-4H3,(H,23,26)(H,24,27)/t15?,17?,19-,34?/m0/s1. The molecule has 1 aliphatic heterocycles. The molecule has 0 aromatic rings. The molecule has 13 heteroatoms. The quantitative estimate of drug-likeness (QED) is 0.175. The maximum absolute atomic E-state index is 12.9. The zero-order chi connectivity index (χ0) is 26.1. The molecular weight excluding hydrogens is 499 g/mol. The Labute approximate surface area is 210 Å². The van der Waals surface area contributed by atoms with Gasteiger partial charge in [0.05, 0.1) is 12.5 Å². The summed E-state index contributed by atoms with van der Waals surface area (Å²) in [6.07, 6.45) is 2.41. The highest BCUT2D eigenvalue weighted by Crippen LogP contribution is 2.57. The van der Waals surface area contributed by atoms with E-state index < -0.39 is 38.0 Å². The molecule has 0 radical (unpaired) electrons. The summed E-state index contributed by atoms with van der Waals surface area (Å²) in [5.41, 5.74) is -0.817. The van der Waals surface area contributed by atoms with Gasteiger partial charge in [0.2, 0.25) is 18.6 Å². The first-order valence-corrected chi connectivity index (χ1v) is 14.3. The zero-order valence-electron chi connectivity index (χ0n) is 20.8. The maximum Gasteiger partial charge on any atom is 0.478 e. The van der Waals surface area contributed by atoms with E-state index in [4.69, 9.17) is 18.3 Å². The van der Waals surface area contributed by atoms with Gasteiger partial charge in [-0.05, 0) is 18.8 Å². The molecule has 2 N–H and O–H groups in total. The number of carbonyl (C=O) groups is 4. The SMILES string of the molecule is CC(=O)SCCNC(=O)CCNC(=O)[C@@H]1OP(=O)(OCOC(=O)C2CCCC(C)C2)OCC1(C)C. The normalized spacial score (nSPS) is 28.1. The molecule has 1 saturated carbocycles. The fourth-order valence-corrected chi connectivity index (χ4v) is 5.87. The lowest BCUT2D eigenvalue weighted by molar-refractivity contribution is -0.161. The number of hydrogen-bond acceptors (Lipinski definition) is 10. The van der Waals surface area contributed by atoms with Gasteiger partial charge < -0.3 is 15.4 Å². The lowest BCUT2D eigenvalue weighted by Gasteiger charge is -2.39. The van der Waals surface area contributed by atoms with Crippen LogP contribution in [0.25, 0.3) is 0 Å². The summed E-state index contributed by atoms with van der Waals surface area (Å²) in [6, 6.07) is 0. The molecule has 1 heterocycles. The number of carbonyl (C=O) groups excluding carboxylic acids is 4. The molecule has 4 atom stereocenters. The summed E-state index contributed by atoms with van der Waals surface area (Å²) >= 11 is 1.12. The highest BCUT2D eigenvalue weighted by atomic mass is 32.2. The number of esters is 1. The van der Waals surface area contributed by atoms with E-state index in [0.29, 0.717) is 18.2 Å². The van der Waals surface area contributed by atoms with Crippen LogP contribution in [0.1, 0.15) is 59.8 Å². The number of phosphoric ester groups is 1. The third kappa shape index (κ3) is 10.2. The molecule has 0 spiro atoms. The van der Waals surface area contributed by atoms with Crippen molar-refractivity contribution in [1.82, 2.24) is 10.6 Å². The van der Waals surface area contributed by atoms with Crippen molar-refractivity contribution in [2.24, 2.45) is 17.3 Å². The molecule has 2 fully saturated rings. The van der Waals surface area contributed by atoms with Crippen molar-refractivity contribution in [2.75, 3.05) is 32.2 Å². The summed E-state index contributed by atoms with van der Waals surface area (Å²) in [4.78, 5) is 47.7. The number of amides is 2. The smallest absolute Gasteiger partial charge is 0.438 e. The van der Waals surface area contributed by atoms with Crippen LogP contribution in [0.5, 0.6) is 0 Å².